The Bertz CT molecular complexity index is 845. The van der Waals surface area contributed by atoms with Crippen molar-refractivity contribution in [2.75, 3.05) is 18.4 Å². The first-order valence-corrected chi connectivity index (χ1v) is 10.8. The fraction of sp³-hybridized carbons (Fsp3) is 0.476. The fourth-order valence-corrected chi connectivity index (χ4v) is 4.98. The molecule has 1 aromatic carbocycles. The number of nitrogens with zero attached hydrogens (tertiary/aromatic N) is 1. The van der Waals surface area contributed by atoms with E-state index in [1.54, 1.807) is 0 Å². The van der Waals surface area contributed by atoms with E-state index in [-0.39, 0.29) is 29.7 Å². The van der Waals surface area contributed by atoms with Crippen molar-refractivity contribution in [3.63, 3.8) is 0 Å². The molecule has 0 spiro atoms. The van der Waals surface area contributed by atoms with Crippen LogP contribution in [0.4, 0.5) is 5.13 Å². The van der Waals surface area contributed by atoms with Crippen molar-refractivity contribution in [3.8, 4) is 0 Å². The monoisotopic (exact) mass is 398 g/mol. The number of nitrogens with one attached hydrogen (secondary N) is 3. The van der Waals surface area contributed by atoms with E-state index >= 15 is 0 Å². The summed E-state index contributed by atoms with van der Waals surface area (Å²) in [6, 6.07) is 9.93. The van der Waals surface area contributed by atoms with Crippen molar-refractivity contribution in [1.82, 2.24) is 15.6 Å². The van der Waals surface area contributed by atoms with Crippen LogP contribution in [0.25, 0.3) is 0 Å². The van der Waals surface area contributed by atoms with Crippen LogP contribution in [0.15, 0.2) is 30.3 Å². The van der Waals surface area contributed by atoms with Crippen LogP contribution < -0.4 is 16.0 Å². The minimum atomic E-state index is -0.254. The van der Waals surface area contributed by atoms with Crippen molar-refractivity contribution in [2.45, 2.75) is 50.5 Å². The van der Waals surface area contributed by atoms with Crippen molar-refractivity contribution in [3.05, 3.63) is 46.5 Å². The molecule has 0 radical (unpaired) electrons. The minimum absolute atomic E-state index is 0.0653. The highest BCUT2D eigenvalue weighted by molar-refractivity contribution is 7.15. The van der Waals surface area contributed by atoms with Crippen molar-refractivity contribution < 1.29 is 9.59 Å². The van der Waals surface area contributed by atoms with Crippen LogP contribution in [-0.2, 0) is 16.0 Å². The van der Waals surface area contributed by atoms with Gasteiger partial charge in [0.2, 0.25) is 11.8 Å². The van der Waals surface area contributed by atoms with E-state index in [1.165, 1.54) is 11.3 Å². The summed E-state index contributed by atoms with van der Waals surface area (Å²) in [7, 11) is 0. The van der Waals surface area contributed by atoms with Gasteiger partial charge in [-0.05, 0) is 44.7 Å². The van der Waals surface area contributed by atoms with Gasteiger partial charge >= 0.3 is 0 Å². The lowest BCUT2D eigenvalue weighted by Gasteiger charge is -2.22. The number of benzene rings is 1. The van der Waals surface area contributed by atoms with E-state index in [0.717, 1.165) is 54.9 Å². The summed E-state index contributed by atoms with van der Waals surface area (Å²) in [5, 5.41) is 9.98. The number of thiazole rings is 1. The van der Waals surface area contributed by atoms with Gasteiger partial charge in [-0.3, -0.25) is 9.59 Å². The first-order chi connectivity index (χ1) is 13.6. The first kappa shape index (κ1) is 19.1. The Kier molecular flexibility index (Phi) is 5.73. The Morgan fingerprint density at radius 3 is 2.82 bits per heavy atom. The second kappa shape index (κ2) is 8.41. The predicted octanol–water partition coefficient (Wildman–Crippen LogP) is 2.78. The second-order valence-electron chi connectivity index (χ2n) is 7.59. The van der Waals surface area contributed by atoms with Gasteiger partial charge in [-0.2, -0.15) is 0 Å². The molecule has 0 saturated carbocycles. The summed E-state index contributed by atoms with van der Waals surface area (Å²) in [5.74, 6) is -0.473. The molecule has 3 N–H and O–H groups in total. The van der Waals surface area contributed by atoms with Crippen molar-refractivity contribution in [1.29, 1.82) is 0 Å². The predicted molar refractivity (Wildman–Crippen MR) is 111 cm³/mol. The minimum Gasteiger partial charge on any atom is -0.351 e. The van der Waals surface area contributed by atoms with Crippen LogP contribution in [0, 0.1) is 0 Å². The average Bonchev–Trinajstić information content (AvgIpc) is 3.36. The number of rotatable bonds is 5. The Morgan fingerprint density at radius 1 is 1.25 bits per heavy atom. The molecule has 7 heteroatoms. The molecule has 1 aliphatic heterocycles. The first-order valence-electron chi connectivity index (χ1n) is 9.98. The Morgan fingerprint density at radius 2 is 2.07 bits per heavy atom. The average molecular weight is 399 g/mol. The number of aryl methyl sites for hydroxylation is 1. The second-order valence-corrected chi connectivity index (χ2v) is 8.68. The molecule has 2 aromatic rings. The Balaban J connectivity index is 1.45. The van der Waals surface area contributed by atoms with Gasteiger partial charge in [0.15, 0.2) is 5.13 Å². The smallest absolute Gasteiger partial charge is 0.233 e. The zero-order valence-electron chi connectivity index (χ0n) is 16.0. The molecule has 1 aliphatic carbocycles. The largest absolute Gasteiger partial charge is 0.351 e. The molecule has 4 rings (SSSR count). The summed E-state index contributed by atoms with van der Waals surface area (Å²) in [5.41, 5.74) is 1.83. The van der Waals surface area contributed by atoms with E-state index in [0.29, 0.717) is 5.13 Å². The summed E-state index contributed by atoms with van der Waals surface area (Å²) in [6.07, 6.45) is 3.69. The van der Waals surface area contributed by atoms with Crippen molar-refractivity contribution >= 4 is 28.3 Å². The van der Waals surface area contributed by atoms with Gasteiger partial charge < -0.3 is 16.0 Å². The van der Waals surface area contributed by atoms with E-state index in [9.17, 15) is 9.59 Å². The maximum atomic E-state index is 12.8. The maximum Gasteiger partial charge on any atom is 0.233 e. The number of hydrogen-bond acceptors (Lipinski definition) is 5. The van der Waals surface area contributed by atoms with Crippen molar-refractivity contribution in [2.24, 2.45) is 0 Å². The maximum absolute atomic E-state index is 12.8. The number of anilines is 1. The zero-order chi connectivity index (χ0) is 19.5. The molecule has 2 heterocycles. The Hall–Kier alpha value is -2.25. The highest BCUT2D eigenvalue weighted by atomic mass is 32.1. The summed E-state index contributed by atoms with van der Waals surface area (Å²) in [6.45, 7) is 3.68. The molecule has 2 amide bonds. The number of fused-ring (bicyclic) bond motifs is 1. The lowest BCUT2D eigenvalue weighted by atomic mass is 9.90. The van der Waals surface area contributed by atoms with Crippen LogP contribution in [0.3, 0.4) is 0 Å². The van der Waals surface area contributed by atoms with Crippen LogP contribution in [0.5, 0.6) is 0 Å². The lowest BCUT2D eigenvalue weighted by molar-refractivity contribution is -0.123. The molecule has 1 fully saturated rings. The van der Waals surface area contributed by atoms with Crippen LogP contribution in [0.1, 0.15) is 54.2 Å². The molecule has 6 nitrogen and oxygen atoms in total. The number of hydrogen-bond donors (Lipinski definition) is 3. The van der Waals surface area contributed by atoms with E-state index in [2.05, 4.69) is 20.9 Å². The number of aromatic nitrogens is 1. The topological polar surface area (TPSA) is 83.1 Å². The lowest BCUT2D eigenvalue weighted by Crippen LogP contribution is -2.40. The molecular formula is C21H26N4O2S. The highest BCUT2D eigenvalue weighted by Gasteiger charge is 2.32. The summed E-state index contributed by atoms with van der Waals surface area (Å²) >= 11 is 1.50. The molecule has 2 aliphatic rings. The third-order valence-corrected chi connectivity index (χ3v) is 6.65. The normalized spacial score (nSPS) is 22.3. The van der Waals surface area contributed by atoms with E-state index in [4.69, 9.17) is 0 Å². The van der Waals surface area contributed by atoms with Crippen LogP contribution in [0.2, 0.25) is 0 Å². The van der Waals surface area contributed by atoms with Gasteiger partial charge in [0, 0.05) is 17.5 Å². The molecule has 1 saturated heterocycles. The van der Waals surface area contributed by atoms with Crippen LogP contribution >= 0.6 is 11.3 Å². The summed E-state index contributed by atoms with van der Waals surface area (Å²) in [4.78, 5) is 31.2. The zero-order valence-corrected chi connectivity index (χ0v) is 16.8. The van der Waals surface area contributed by atoms with Gasteiger partial charge in [0.25, 0.3) is 0 Å². The molecule has 0 bridgehead atoms. The van der Waals surface area contributed by atoms with Crippen LogP contribution in [-0.4, -0.2) is 35.9 Å². The molecule has 3 atom stereocenters. The molecule has 148 valence electrons. The molecule has 3 unspecified atom stereocenters. The Labute approximate surface area is 169 Å². The standard InChI is InChI=1S/C21H26N4O2S/c1-13(14-6-3-2-4-7-14)19(26)25-21-24-18-16(8-5-9-17(18)28-21)20(27)23-15-10-11-22-12-15/h2-4,6-7,13,15-16,22H,5,8-12H2,1H3,(H,23,27)(H,24,25,26). The number of carbonyl (C=O) groups excluding carboxylic acids is 2. The highest BCUT2D eigenvalue weighted by Crippen LogP contribution is 2.37. The SMILES string of the molecule is CC(C(=O)Nc1nc2c(s1)CCCC2C(=O)NC1CCNC1)c1ccccc1. The fourth-order valence-electron chi connectivity index (χ4n) is 3.91. The van der Waals surface area contributed by atoms with Gasteiger partial charge in [-0.1, -0.05) is 30.3 Å². The molecule has 28 heavy (non-hydrogen) atoms. The number of amides is 2. The van der Waals surface area contributed by atoms with E-state index < -0.39 is 0 Å². The third-order valence-electron chi connectivity index (χ3n) is 5.60. The van der Waals surface area contributed by atoms with E-state index in [1.807, 2.05) is 37.3 Å². The number of carbonyl (C=O) groups is 2. The van der Waals surface area contributed by atoms with Gasteiger partial charge in [0.05, 0.1) is 17.5 Å². The third kappa shape index (κ3) is 4.10. The molecular weight excluding hydrogens is 372 g/mol. The quantitative estimate of drug-likeness (QED) is 0.723. The summed E-state index contributed by atoms with van der Waals surface area (Å²) < 4.78 is 0. The molecule has 1 aromatic heterocycles. The van der Waals surface area contributed by atoms with Gasteiger partial charge in [0.1, 0.15) is 0 Å². The van der Waals surface area contributed by atoms with Gasteiger partial charge in [-0.25, -0.2) is 4.98 Å². The van der Waals surface area contributed by atoms with Gasteiger partial charge in [-0.15, -0.1) is 11.3 Å².